The molecule has 0 spiro atoms. The van der Waals surface area contributed by atoms with Crippen LogP contribution in [0.4, 0.5) is 5.69 Å². The molecule has 0 radical (unpaired) electrons. The van der Waals surface area contributed by atoms with Gasteiger partial charge in [0.1, 0.15) is 0 Å². The van der Waals surface area contributed by atoms with Crippen molar-refractivity contribution in [3.05, 3.63) is 33.7 Å². The van der Waals surface area contributed by atoms with Crippen LogP contribution < -0.4 is 10.5 Å². The van der Waals surface area contributed by atoms with E-state index in [0.29, 0.717) is 14.6 Å². The minimum absolute atomic E-state index is 0.112. The van der Waals surface area contributed by atoms with Gasteiger partial charge < -0.3 is 5.73 Å². The Bertz CT molecular complexity index is 514. The summed E-state index contributed by atoms with van der Waals surface area (Å²) in [6, 6.07) is 4.60. The van der Waals surface area contributed by atoms with Crippen LogP contribution in [0, 0.1) is 0 Å². The van der Waals surface area contributed by atoms with Crippen LogP contribution >= 0.6 is 31.9 Å². The van der Waals surface area contributed by atoms with Crippen LogP contribution in [-0.4, -0.2) is 15.0 Å². The molecular weight excluding hydrogens is 360 g/mol. The number of halogens is 2. The van der Waals surface area contributed by atoms with Crippen molar-refractivity contribution < 1.29 is 8.42 Å². The third-order valence-corrected chi connectivity index (χ3v) is 4.37. The normalized spacial score (nSPS) is 11.4. The fourth-order valence-electron chi connectivity index (χ4n) is 0.977. The summed E-state index contributed by atoms with van der Waals surface area (Å²) in [5.74, 6) is 0. The quantitative estimate of drug-likeness (QED) is 0.799. The average molecular weight is 370 g/mol. The molecule has 0 saturated heterocycles. The number of nitrogen functional groups attached to an aromatic ring is 1. The van der Waals surface area contributed by atoms with Gasteiger partial charge in [-0.05, 0) is 34.1 Å². The summed E-state index contributed by atoms with van der Waals surface area (Å²) in [5, 5.41) is 0. The molecule has 0 aliphatic heterocycles. The van der Waals surface area contributed by atoms with Gasteiger partial charge in [-0.3, -0.25) is 0 Å². The minimum Gasteiger partial charge on any atom is -0.399 e. The molecule has 16 heavy (non-hydrogen) atoms. The predicted octanol–water partition coefficient (Wildman–Crippen LogP) is 2.22. The lowest BCUT2D eigenvalue weighted by Crippen LogP contribution is -2.25. The fraction of sp³-hybridized carbons (Fsp3) is 0.111. The highest BCUT2D eigenvalue weighted by Crippen LogP contribution is 2.24. The van der Waals surface area contributed by atoms with Crippen molar-refractivity contribution in [3.8, 4) is 0 Å². The van der Waals surface area contributed by atoms with Crippen molar-refractivity contribution in [1.29, 1.82) is 0 Å². The van der Waals surface area contributed by atoms with E-state index in [2.05, 4.69) is 43.2 Å². The first-order chi connectivity index (χ1) is 7.33. The van der Waals surface area contributed by atoms with E-state index < -0.39 is 10.0 Å². The SMILES string of the molecule is C=C(Br)CNS(=O)(=O)c1cc(N)ccc1Br. The summed E-state index contributed by atoms with van der Waals surface area (Å²) < 4.78 is 27.1. The van der Waals surface area contributed by atoms with Crippen LogP contribution in [0.25, 0.3) is 0 Å². The molecule has 0 fully saturated rings. The van der Waals surface area contributed by atoms with Crippen molar-refractivity contribution in [1.82, 2.24) is 4.72 Å². The van der Waals surface area contributed by atoms with Gasteiger partial charge >= 0.3 is 0 Å². The van der Waals surface area contributed by atoms with Gasteiger partial charge in [0.15, 0.2) is 0 Å². The predicted molar refractivity (Wildman–Crippen MR) is 71.8 cm³/mol. The molecule has 0 aliphatic rings. The van der Waals surface area contributed by atoms with Gasteiger partial charge in [-0.1, -0.05) is 22.5 Å². The maximum absolute atomic E-state index is 11.9. The molecule has 7 heteroatoms. The number of hydrogen-bond acceptors (Lipinski definition) is 3. The zero-order valence-corrected chi connectivity index (χ0v) is 12.2. The Balaban J connectivity index is 3.07. The minimum atomic E-state index is -3.58. The number of rotatable bonds is 4. The van der Waals surface area contributed by atoms with Crippen LogP contribution in [-0.2, 0) is 10.0 Å². The Morgan fingerprint density at radius 2 is 2.12 bits per heavy atom. The van der Waals surface area contributed by atoms with Crippen molar-refractivity contribution in [2.45, 2.75) is 4.90 Å². The monoisotopic (exact) mass is 368 g/mol. The average Bonchev–Trinajstić information content (AvgIpc) is 2.19. The van der Waals surface area contributed by atoms with E-state index in [4.69, 9.17) is 5.73 Å². The number of nitrogens with one attached hydrogen (secondary N) is 1. The number of benzene rings is 1. The second-order valence-electron chi connectivity index (χ2n) is 3.03. The maximum atomic E-state index is 11.9. The molecule has 0 amide bonds. The third-order valence-electron chi connectivity index (χ3n) is 1.70. The van der Waals surface area contributed by atoms with E-state index in [9.17, 15) is 8.42 Å². The highest BCUT2D eigenvalue weighted by Gasteiger charge is 2.17. The Kier molecular flexibility index (Phi) is 4.54. The largest absolute Gasteiger partial charge is 0.399 e. The Morgan fingerprint density at radius 1 is 1.50 bits per heavy atom. The zero-order valence-electron chi connectivity index (χ0n) is 8.20. The lowest BCUT2D eigenvalue weighted by Gasteiger charge is -2.08. The Hall–Kier alpha value is -0.370. The van der Waals surface area contributed by atoms with Crippen LogP contribution in [0.2, 0.25) is 0 Å². The van der Waals surface area contributed by atoms with Crippen molar-refractivity contribution in [2.24, 2.45) is 0 Å². The van der Waals surface area contributed by atoms with Crippen LogP contribution in [0.15, 0.2) is 38.6 Å². The molecule has 1 rings (SSSR count). The smallest absolute Gasteiger partial charge is 0.242 e. The molecule has 0 heterocycles. The van der Waals surface area contributed by atoms with Gasteiger partial charge in [0, 0.05) is 21.2 Å². The summed E-state index contributed by atoms with van der Waals surface area (Å²) in [5.41, 5.74) is 5.93. The van der Waals surface area contributed by atoms with Crippen LogP contribution in [0.3, 0.4) is 0 Å². The van der Waals surface area contributed by atoms with Gasteiger partial charge in [-0.2, -0.15) is 0 Å². The zero-order chi connectivity index (χ0) is 12.3. The summed E-state index contributed by atoms with van der Waals surface area (Å²) in [6.45, 7) is 3.67. The van der Waals surface area contributed by atoms with Crippen LogP contribution in [0.1, 0.15) is 0 Å². The molecule has 3 N–H and O–H groups in total. The second-order valence-corrected chi connectivity index (χ2v) is 6.74. The van der Waals surface area contributed by atoms with E-state index in [0.717, 1.165) is 0 Å². The Labute approximate surface area is 111 Å². The van der Waals surface area contributed by atoms with Gasteiger partial charge in [0.25, 0.3) is 0 Å². The number of anilines is 1. The number of hydrogen-bond donors (Lipinski definition) is 2. The lowest BCUT2D eigenvalue weighted by atomic mass is 10.3. The van der Waals surface area contributed by atoms with Gasteiger partial charge in [0.05, 0.1) is 4.90 Å². The molecule has 0 aliphatic carbocycles. The molecule has 4 nitrogen and oxygen atoms in total. The molecule has 0 saturated carbocycles. The van der Waals surface area contributed by atoms with Crippen molar-refractivity contribution in [2.75, 3.05) is 12.3 Å². The molecule has 1 aromatic carbocycles. The summed E-state index contributed by atoms with van der Waals surface area (Å²) >= 11 is 6.24. The molecule has 0 bridgehead atoms. The summed E-state index contributed by atoms with van der Waals surface area (Å²) in [6.07, 6.45) is 0. The van der Waals surface area contributed by atoms with Gasteiger partial charge in [0.2, 0.25) is 10.0 Å². The molecule has 1 aromatic rings. The van der Waals surface area contributed by atoms with Gasteiger partial charge in [-0.25, -0.2) is 13.1 Å². The van der Waals surface area contributed by atoms with E-state index in [1.54, 1.807) is 12.1 Å². The lowest BCUT2D eigenvalue weighted by molar-refractivity contribution is 0.585. The fourth-order valence-corrected chi connectivity index (χ4v) is 3.32. The molecule has 0 aromatic heterocycles. The van der Waals surface area contributed by atoms with Crippen molar-refractivity contribution in [3.63, 3.8) is 0 Å². The van der Waals surface area contributed by atoms with Crippen LogP contribution in [0.5, 0.6) is 0 Å². The second kappa shape index (κ2) is 5.31. The van der Waals surface area contributed by atoms with Gasteiger partial charge in [-0.15, -0.1) is 0 Å². The number of sulfonamides is 1. The van der Waals surface area contributed by atoms with E-state index in [-0.39, 0.29) is 11.4 Å². The number of nitrogens with two attached hydrogens (primary N) is 1. The highest BCUT2D eigenvalue weighted by molar-refractivity contribution is 9.11. The Morgan fingerprint density at radius 3 is 2.69 bits per heavy atom. The molecule has 0 unspecified atom stereocenters. The molecule has 0 atom stereocenters. The highest BCUT2D eigenvalue weighted by atomic mass is 79.9. The molecule has 88 valence electrons. The topological polar surface area (TPSA) is 72.2 Å². The first-order valence-corrected chi connectivity index (χ1v) is 7.28. The van der Waals surface area contributed by atoms with Crippen molar-refractivity contribution >= 4 is 47.6 Å². The first-order valence-electron chi connectivity index (χ1n) is 4.21. The first kappa shape index (κ1) is 13.7. The third kappa shape index (κ3) is 3.58. The standard InChI is InChI=1S/C9H10Br2N2O2S/c1-6(10)5-13-16(14,15)9-4-7(12)2-3-8(9)11/h2-4,13H,1,5,12H2. The summed E-state index contributed by atoms with van der Waals surface area (Å²) in [4.78, 5) is 0.112. The maximum Gasteiger partial charge on any atom is 0.242 e. The van der Waals surface area contributed by atoms with E-state index >= 15 is 0 Å². The van der Waals surface area contributed by atoms with E-state index in [1.165, 1.54) is 6.07 Å². The van der Waals surface area contributed by atoms with E-state index in [1.807, 2.05) is 0 Å². The molecular formula is C9H10Br2N2O2S. The summed E-state index contributed by atoms with van der Waals surface area (Å²) in [7, 11) is -3.58.